The van der Waals surface area contributed by atoms with Gasteiger partial charge < -0.3 is 28.5 Å². The van der Waals surface area contributed by atoms with E-state index in [0.717, 1.165) is 103 Å². The van der Waals surface area contributed by atoms with E-state index in [9.17, 15) is 19.0 Å². The first-order valence-electron chi connectivity index (χ1n) is 26.6. The van der Waals surface area contributed by atoms with Crippen LogP contribution < -0.4 is 10.2 Å². The van der Waals surface area contributed by atoms with E-state index in [2.05, 4.69) is 74.7 Å². The van der Waals surface area contributed by atoms with E-state index >= 15 is 0 Å². The van der Waals surface area contributed by atoms with Gasteiger partial charge in [-0.25, -0.2) is 0 Å². The molecule has 10 heteroatoms. The number of phosphoric acid groups is 1. The second-order valence-corrected chi connectivity index (χ2v) is 20.4. The van der Waals surface area contributed by atoms with Crippen LogP contribution in [0.15, 0.2) is 60.8 Å². The molecule has 0 aliphatic carbocycles. The molecule has 378 valence electrons. The smallest absolute Gasteiger partial charge is 0.306 e. The van der Waals surface area contributed by atoms with E-state index in [0.29, 0.717) is 23.9 Å². The molecule has 0 fully saturated rings. The van der Waals surface area contributed by atoms with Crippen molar-refractivity contribution in [2.45, 2.75) is 238 Å². The van der Waals surface area contributed by atoms with E-state index in [1.807, 2.05) is 33.3 Å². The normalized spacial score (nSPS) is 14.4. The minimum atomic E-state index is -4.69. The quantitative estimate of drug-likeness (QED) is 0.0212. The Morgan fingerprint density at radius 2 is 0.954 bits per heavy atom. The molecule has 65 heavy (non-hydrogen) atoms. The molecule has 0 spiro atoms. The third kappa shape index (κ3) is 46.6. The summed E-state index contributed by atoms with van der Waals surface area (Å²) in [6, 6.07) is -0.900. The largest absolute Gasteiger partial charge is 0.756 e. The van der Waals surface area contributed by atoms with Crippen LogP contribution in [-0.2, 0) is 27.9 Å². The van der Waals surface area contributed by atoms with Crippen molar-refractivity contribution < 1.29 is 37.3 Å². The fourth-order valence-electron chi connectivity index (χ4n) is 7.21. The van der Waals surface area contributed by atoms with Gasteiger partial charge in [0, 0.05) is 12.8 Å². The lowest BCUT2D eigenvalue weighted by molar-refractivity contribution is -0.870. The summed E-state index contributed by atoms with van der Waals surface area (Å²) in [5.74, 6) is -0.581. The molecule has 3 atom stereocenters. The van der Waals surface area contributed by atoms with Gasteiger partial charge in [0.05, 0.1) is 33.8 Å². The fraction of sp³-hybridized carbons (Fsp3) is 0.782. The summed E-state index contributed by atoms with van der Waals surface area (Å²) in [4.78, 5) is 39.6. The minimum absolute atomic E-state index is 0.0293. The van der Waals surface area contributed by atoms with Crippen molar-refractivity contribution in [3.63, 3.8) is 0 Å². The van der Waals surface area contributed by atoms with Gasteiger partial charge in [-0.1, -0.05) is 185 Å². The molecular formula is C55H101N2O7P. The van der Waals surface area contributed by atoms with Crippen molar-refractivity contribution in [2.24, 2.45) is 0 Å². The molecule has 0 aromatic rings. The van der Waals surface area contributed by atoms with Crippen LogP contribution in [0.3, 0.4) is 0 Å². The molecule has 0 saturated heterocycles. The van der Waals surface area contributed by atoms with Crippen LogP contribution in [0.2, 0.25) is 0 Å². The molecule has 0 bridgehead atoms. The number of quaternary nitrogens is 1. The zero-order valence-corrected chi connectivity index (χ0v) is 43.8. The standard InChI is InChI=1S/C55H101N2O7P/c1-7-10-13-16-19-22-25-26-27-28-29-30-33-36-39-42-45-48-55(59)64-53(46-43-40-37-34-31-23-20-17-14-11-8-2)52(51-63-65(60,61)62-50-49-57(4,5)6)56-54(58)47-44-41-38-35-32-24-21-18-15-12-9-3/h18-19,21-22,26-27,29-30,43,46,52-53H,7-17,20,23-25,28,31-42,44-45,47-51H2,1-6H3,(H-,56,58,60,61)/b21-18-,22-19-,27-26-,30-29-,46-43-. The highest BCUT2D eigenvalue weighted by atomic mass is 31.2. The number of esters is 1. The van der Waals surface area contributed by atoms with E-state index in [1.165, 1.54) is 83.5 Å². The lowest BCUT2D eigenvalue weighted by Gasteiger charge is -2.30. The van der Waals surface area contributed by atoms with Gasteiger partial charge >= 0.3 is 5.97 Å². The lowest BCUT2D eigenvalue weighted by atomic mass is 10.1. The SMILES string of the molecule is CCCC/C=C\CCCCCCCC(=O)NC(COP(=O)([O-])OCC[N+](C)(C)C)C(/C=C\CCCCCCCCCCC)OC(=O)CCCCCC/C=C\C/C=C\C/C=C\CCCCC. The summed E-state index contributed by atoms with van der Waals surface area (Å²) >= 11 is 0. The number of carbonyl (C=O) groups is 2. The van der Waals surface area contributed by atoms with Crippen LogP contribution >= 0.6 is 7.82 Å². The second-order valence-electron chi connectivity index (χ2n) is 19.0. The van der Waals surface area contributed by atoms with Gasteiger partial charge in [-0.2, -0.15) is 0 Å². The Kier molecular flexibility index (Phi) is 43.9. The first-order valence-corrected chi connectivity index (χ1v) is 28.1. The third-order valence-corrected chi connectivity index (χ3v) is 12.4. The van der Waals surface area contributed by atoms with Crippen molar-refractivity contribution in [2.75, 3.05) is 40.9 Å². The third-order valence-electron chi connectivity index (χ3n) is 11.4. The minimum Gasteiger partial charge on any atom is -0.756 e. The van der Waals surface area contributed by atoms with Gasteiger partial charge in [0.15, 0.2) is 0 Å². The van der Waals surface area contributed by atoms with Gasteiger partial charge in [-0.05, 0) is 89.5 Å². The molecule has 0 aliphatic heterocycles. The highest BCUT2D eigenvalue weighted by Crippen LogP contribution is 2.38. The second kappa shape index (κ2) is 45.5. The number of nitrogens with one attached hydrogen (secondary N) is 1. The van der Waals surface area contributed by atoms with Gasteiger partial charge in [-0.15, -0.1) is 0 Å². The Bertz CT molecular complexity index is 1300. The van der Waals surface area contributed by atoms with Crippen LogP contribution in [-0.4, -0.2) is 69.4 Å². The first kappa shape index (κ1) is 62.7. The first-order chi connectivity index (χ1) is 31.4. The maximum absolute atomic E-state index is 13.4. The predicted molar refractivity (Wildman–Crippen MR) is 275 cm³/mol. The van der Waals surface area contributed by atoms with Crippen LogP contribution in [0.5, 0.6) is 0 Å². The van der Waals surface area contributed by atoms with Crippen molar-refractivity contribution in [3.05, 3.63) is 60.8 Å². The summed E-state index contributed by atoms with van der Waals surface area (Å²) in [6.45, 7) is 6.73. The zero-order chi connectivity index (χ0) is 48.0. The molecule has 0 aliphatic rings. The van der Waals surface area contributed by atoms with Crippen LogP contribution in [0.4, 0.5) is 0 Å². The van der Waals surface area contributed by atoms with E-state index in [1.54, 1.807) is 0 Å². The number of likely N-dealkylation sites (N-methyl/N-ethyl adjacent to an activating group) is 1. The number of rotatable bonds is 47. The molecule has 9 nitrogen and oxygen atoms in total. The van der Waals surface area contributed by atoms with Crippen LogP contribution in [0.25, 0.3) is 0 Å². The Balaban J connectivity index is 5.42. The average Bonchev–Trinajstić information content (AvgIpc) is 3.26. The molecule has 0 aromatic heterocycles. The topological polar surface area (TPSA) is 114 Å². The van der Waals surface area contributed by atoms with Crippen molar-refractivity contribution >= 4 is 19.7 Å². The average molecular weight is 933 g/mol. The number of allylic oxidation sites excluding steroid dienone is 9. The monoisotopic (exact) mass is 933 g/mol. The Hall–Kier alpha value is -2.29. The van der Waals surface area contributed by atoms with E-state index in [-0.39, 0.29) is 24.9 Å². The number of hydrogen-bond acceptors (Lipinski definition) is 7. The van der Waals surface area contributed by atoms with Gasteiger partial charge in [0.2, 0.25) is 5.91 Å². The molecule has 0 radical (unpaired) electrons. The molecule has 0 rings (SSSR count). The molecule has 0 aromatic carbocycles. The molecule has 3 unspecified atom stereocenters. The van der Waals surface area contributed by atoms with E-state index in [4.69, 9.17) is 13.8 Å². The highest BCUT2D eigenvalue weighted by molar-refractivity contribution is 7.45. The predicted octanol–water partition coefficient (Wildman–Crippen LogP) is 14.9. The van der Waals surface area contributed by atoms with Crippen molar-refractivity contribution in [1.29, 1.82) is 0 Å². The highest BCUT2D eigenvalue weighted by Gasteiger charge is 2.27. The molecule has 1 N–H and O–H groups in total. The maximum Gasteiger partial charge on any atom is 0.306 e. The fourth-order valence-corrected chi connectivity index (χ4v) is 7.94. The molecule has 0 saturated carbocycles. The van der Waals surface area contributed by atoms with Gasteiger partial charge in [-0.3, -0.25) is 14.2 Å². The summed E-state index contributed by atoms with van der Waals surface area (Å²) in [5.41, 5.74) is 0. The molecular weight excluding hydrogens is 832 g/mol. The van der Waals surface area contributed by atoms with Crippen molar-refractivity contribution in [1.82, 2.24) is 5.32 Å². The lowest BCUT2D eigenvalue weighted by Crippen LogP contribution is -2.47. The van der Waals surface area contributed by atoms with Crippen molar-refractivity contribution in [3.8, 4) is 0 Å². The number of carbonyl (C=O) groups excluding carboxylic acids is 2. The van der Waals surface area contributed by atoms with Gasteiger partial charge in [0.25, 0.3) is 7.82 Å². The number of phosphoric ester groups is 1. The molecule has 0 heterocycles. The Morgan fingerprint density at radius 3 is 1.49 bits per heavy atom. The van der Waals surface area contributed by atoms with Gasteiger partial charge in [0.1, 0.15) is 19.3 Å². The maximum atomic E-state index is 13.4. The molecule has 1 amide bonds. The summed E-state index contributed by atoms with van der Waals surface area (Å²) in [7, 11) is 1.16. The van der Waals surface area contributed by atoms with Crippen LogP contribution in [0.1, 0.15) is 226 Å². The number of unbranched alkanes of at least 4 members (excludes halogenated alkanes) is 23. The number of amides is 1. The summed E-state index contributed by atoms with van der Waals surface area (Å²) in [6.07, 6.45) is 54.7. The number of nitrogens with zero attached hydrogens (tertiary/aromatic N) is 1. The Labute approximate surface area is 401 Å². The number of ether oxygens (including phenoxy) is 1. The summed E-state index contributed by atoms with van der Waals surface area (Å²) < 4.78 is 30.1. The van der Waals surface area contributed by atoms with E-state index < -0.39 is 26.6 Å². The Morgan fingerprint density at radius 1 is 0.538 bits per heavy atom. The van der Waals surface area contributed by atoms with Crippen LogP contribution in [0, 0.1) is 0 Å². The zero-order valence-electron chi connectivity index (χ0n) is 42.9. The number of hydrogen-bond donors (Lipinski definition) is 1. The summed E-state index contributed by atoms with van der Waals surface area (Å²) in [5, 5.41) is 2.99.